The van der Waals surface area contributed by atoms with Gasteiger partial charge in [-0.15, -0.1) is 6.58 Å². The van der Waals surface area contributed by atoms with Gasteiger partial charge in [-0.25, -0.2) is 4.79 Å². The molecule has 9 heteroatoms. The van der Waals surface area contributed by atoms with E-state index in [0.29, 0.717) is 38.7 Å². The van der Waals surface area contributed by atoms with Crippen molar-refractivity contribution in [3.63, 3.8) is 0 Å². The van der Waals surface area contributed by atoms with Gasteiger partial charge in [0.25, 0.3) is 6.47 Å². The van der Waals surface area contributed by atoms with Crippen LogP contribution in [0, 0.1) is 5.92 Å². The second kappa shape index (κ2) is 15.7. The quantitative estimate of drug-likeness (QED) is 0.0915. The van der Waals surface area contributed by atoms with Crippen LogP contribution in [-0.2, 0) is 28.6 Å². The highest BCUT2D eigenvalue weighted by molar-refractivity contribution is 5.84. The number of benzene rings is 2. The van der Waals surface area contributed by atoms with Gasteiger partial charge in [0.1, 0.15) is 18.8 Å². The molecule has 2 N–H and O–H groups in total. The Morgan fingerprint density at radius 3 is 2.24 bits per heavy atom. The fourth-order valence-corrected chi connectivity index (χ4v) is 5.07. The smallest absolute Gasteiger partial charge is 0.407 e. The zero-order valence-electron chi connectivity index (χ0n) is 24.7. The lowest BCUT2D eigenvalue weighted by atomic mass is 9.96. The monoisotopic (exact) mass is 578 g/mol. The van der Waals surface area contributed by atoms with Crippen LogP contribution in [0.2, 0.25) is 0 Å². The molecular formula is C33H42N2O7. The number of rotatable bonds is 16. The predicted molar refractivity (Wildman–Crippen MR) is 160 cm³/mol. The van der Waals surface area contributed by atoms with Gasteiger partial charge in [0.15, 0.2) is 0 Å². The highest BCUT2D eigenvalue weighted by atomic mass is 16.6. The van der Waals surface area contributed by atoms with Crippen molar-refractivity contribution in [3.05, 3.63) is 72.3 Å². The highest BCUT2D eigenvalue weighted by Crippen LogP contribution is 2.44. The molecular weight excluding hydrogens is 536 g/mol. The van der Waals surface area contributed by atoms with Crippen LogP contribution in [0.25, 0.3) is 11.1 Å². The van der Waals surface area contributed by atoms with Gasteiger partial charge >= 0.3 is 12.1 Å². The Morgan fingerprint density at radius 1 is 1.00 bits per heavy atom. The third-order valence-electron chi connectivity index (χ3n) is 6.97. The number of alkyl carbamates (subject to hydrolysis) is 1. The lowest BCUT2D eigenvalue weighted by molar-refractivity contribution is -0.147. The molecule has 0 radical (unpaired) electrons. The van der Waals surface area contributed by atoms with Crippen molar-refractivity contribution in [1.82, 2.24) is 10.6 Å². The largest absolute Gasteiger partial charge is 0.466 e. The number of carbonyl (C=O) groups excluding carboxylic acids is 4. The van der Waals surface area contributed by atoms with Crippen LogP contribution in [-0.4, -0.2) is 55.8 Å². The summed E-state index contributed by atoms with van der Waals surface area (Å²) in [6.07, 6.45) is 3.01. The second-order valence-electron chi connectivity index (χ2n) is 11.4. The molecule has 2 amide bonds. The number of hydrogen-bond donors (Lipinski definition) is 2. The molecule has 0 saturated heterocycles. The van der Waals surface area contributed by atoms with Crippen LogP contribution in [0.4, 0.5) is 4.79 Å². The lowest BCUT2D eigenvalue weighted by Gasteiger charge is -2.22. The third-order valence-corrected chi connectivity index (χ3v) is 6.97. The molecule has 3 rings (SSSR count). The van der Waals surface area contributed by atoms with Gasteiger partial charge in [-0.05, 0) is 62.3 Å². The van der Waals surface area contributed by atoms with Crippen molar-refractivity contribution in [2.45, 2.75) is 70.4 Å². The zero-order valence-corrected chi connectivity index (χ0v) is 24.7. The maximum atomic E-state index is 13.3. The van der Waals surface area contributed by atoms with E-state index in [0.717, 1.165) is 22.3 Å². The van der Waals surface area contributed by atoms with Crippen LogP contribution in [0.3, 0.4) is 0 Å². The molecule has 0 aliphatic heterocycles. The second-order valence-corrected chi connectivity index (χ2v) is 11.4. The van der Waals surface area contributed by atoms with Crippen LogP contribution in [0.5, 0.6) is 0 Å². The van der Waals surface area contributed by atoms with Crippen LogP contribution in [0.1, 0.15) is 69.9 Å². The van der Waals surface area contributed by atoms with E-state index in [1.165, 1.54) is 0 Å². The first kappa shape index (κ1) is 32.4. The Morgan fingerprint density at radius 2 is 1.64 bits per heavy atom. The number of unbranched alkanes of at least 4 members (excludes halogenated alkanes) is 1. The molecule has 2 atom stereocenters. The fraction of sp³-hybridized carbons (Fsp3) is 0.455. The van der Waals surface area contributed by atoms with E-state index in [1.54, 1.807) is 26.8 Å². The standard InChI is InChI=1S/C33H42N2O7/c1-5-12-24(20-40-22-36)35-31(38)23(13-10-11-18-34-32(39)42-33(2,3)4)19-30(37)41-21-29-27-16-8-6-14-25(27)26-15-7-9-17-28(26)29/h5-9,14-17,22-24,29H,1,10-13,18-21H2,2-4H3,(H,34,39)(H,35,38)/t23-,24-/m0/s1. The first-order valence-electron chi connectivity index (χ1n) is 14.4. The molecule has 42 heavy (non-hydrogen) atoms. The summed E-state index contributed by atoms with van der Waals surface area (Å²) < 4.78 is 15.9. The van der Waals surface area contributed by atoms with Crippen molar-refractivity contribution in [2.24, 2.45) is 5.92 Å². The van der Waals surface area contributed by atoms with Crippen LogP contribution in [0.15, 0.2) is 61.2 Å². The fourth-order valence-electron chi connectivity index (χ4n) is 5.07. The van der Waals surface area contributed by atoms with Gasteiger partial charge in [-0.2, -0.15) is 0 Å². The molecule has 0 heterocycles. The molecule has 0 fully saturated rings. The van der Waals surface area contributed by atoms with E-state index in [9.17, 15) is 19.2 Å². The van der Waals surface area contributed by atoms with Crippen molar-refractivity contribution in [1.29, 1.82) is 0 Å². The number of esters is 1. The Hall–Kier alpha value is -4.14. The molecule has 0 bridgehead atoms. The summed E-state index contributed by atoms with van der Waals surface area (Å²) in [6, 6.07) is 15.7. The molecule has 0 saturated carbocycles. The molecule has 2 aromatic rings. The van der Waals surface area contributed by atoms with E-state index in [2.05, 4.69) is 41.5 Å². The number of fused-ring (bicyclic) bond motifs is 3. The topological polar surface area (TPSA) is 120 Å². The maximum absolute atomic E-state index is 13.3. The lowest BCUT2D eigenvalue weighted by Crippen LogP contribution is -2.42. The summed E-state index contributed by atoms with van der Waals surface area (Å²) in [5.41, 5.74) is 3.90. The predicted octanol–water partition coefficient (Wildman–Crippen LogP) is 5.28. The molecule has 1 aliphatic carbocycles. The van der Waals surface area contributed by atoms with E-state index in [1.807, 2.05) is 24.3 Å². The van der Waals surface area contributed by atoms with Crippen molar-refractivity contribution in [2.75, 3.05) is 19.8 Å². The Kier molecular flexibility index (Phi) is 12.1. The van der Waals surface area contributed by atoms with Gasteiger partial charge < -0.3 is 24.8 Å². The summed E-state index contributed by atoms with van der Waals surface area (Å²) in [7, 11) is 0. The minimum atomic E-state index is -0.661. The van der Waals surface area contributed by atoms with Gasteiger partial charge in [0.05, 0.1) is 12.5 Å². The zero-order chi connectivity index (χ0) is 30.5. The SMILES string of the molecule is C=CC[C@@H](COC=O)NC(=O)[C@@H](CCCCNC(=O)OC(C)(C)C)CC(=O)OCC1c2ccccc2-c2ccccc21. The number of hydrogen-bond acceptors (Lipinski definition) is 7. The molecule has 226 valence electrons. The van der Waals surface area contributed by atoms with Gasteiger partial charge in [0, 0.05) is 18.4 Å². The molecule has 0 spiro atoms. The molecule has 0 aromatic heterocycles. The summed E-state index contributed by atoms with van der Waals surface area (Å²) in [5.74, 6) is -1.53. The van der Waals surface area contributed by atoms with Gasteiger partial charge in [0.2, 0.25) is 5.91 Å². The average molecular weight is 579 g/mol. The summed E-state index contributed by atoms with van der Waals surface area (Å²) in [4.78, 5) is 48.9. The van der Waals surface area contributed by atoms with Gasteiger partial charge in [-0.1, -0.05) is 61.0 Å². The average Bonchev–Trinajstić information content (AvgIpc) is 3.26. The Bertz CT molecular complexity index is 1190. The van der Waals surface area contributed by atoms with Gasteiger partial charge in [-0.3, -0.25) is 14.4 Å². The molecule has 0 unspecified atom stereocenters. The number of amides is 2. The number of nitrogens with one attached hydrogen (secondary N) is 2. The summed E-state index contributed by atoms with van der Waals surface area (Å²) in [5, 5.41) is 5.58. The van der Waals surface area contributed by atoms with Crippen molar-refractivity contribution >= 4 is 24.4 Å². The Balaban J connectivity index is 1.60. The van der Waals surface area contributed by atoms with E-state index in [4.69, 9.17) is 14.2 Å². The number of carbonyl (C=O) groups is 4. The molecule has 9 nitrogen and oxygen atoms in total. The van der Waals surface area contributed by atoms with Crippen molar-refractivity contribution < 1.29 is 33.4 Å². The summed E-state index contributed by atoms with van der Waals surface area (Å²) in [6.45, 7) is 9.94. The number of ether oxygens (including phenoxy) is 3. The van der Waals surface area contributed by atoms with Crippen molar-refractivity contribution in [3.8, 4) is 11.1 Å². The minimum absolute atomic E-state index is 0.00126. The molecule has 2 aromatic carbocycles. The van der Waals surface area contributed by atoms with E-state index in [-0.39, 0.29) is 31.5 Å². The Labute approximate surface area is 248 Å². The maximum Gasteiger partial charge on any atom is 0.407 e. The first-order chi connectivity index (χ1) is 20.1. The van der Waals surface area contributed by atoms with E-state index >= 15 is 0 Å². The van der Waals surface area contributed by atoms with Crippen LogP contribution < -0.4 is 10.6 Å². The highest BCUT2D eigenvalue weighted by Gasteiger charge is 2.30. The summed E-state index contributed by atoms with van der Waals surface area (Å²) >= 11 is 0. The normalized spacial score (nSPS) is 13.6. The third kappa shape index (κ3) is 9.75. The van der Waals surface area contributed by atoms with Crippen LogP contribution >= 0.6 is 0 Å². The minimum Gasteiger partial charge on any atom is -0.466 e. The molecule has 1 aliphatic rings. The first-order valence-corrected chi connectivity index (χ1v) is 14.4. The van der Waals surface area contributed by atoms with E-state index < -0.39 is 29.6 Å².